The highest BCUT2D eigenvalue weighted by molar-refractivity contribution is 5.63. The van der Waals surface area contributed by atoms with E-state index in [1.165, 1.54) is 30.5 Å². The van der Waals surface area contributed by atoms with Gasteiger partial charge in [0.15, 0.2) is 0 Å². The standard InChI is InChI=1S/C16H19N5O/c22-14-10-6-5-8-12(14)15-11-7-3-1-2-4-9-13(11)21-16(17-15)18-19-20-21/h5-6,8,10,15,22H,1-4,7,9H2,(H,17,18,20). The maximum absolute atomic E-state index is 10.3. The van der Waals surface area contributed by atoms with Crippen LogP contribution in [0.15, 0.2) is 29.8 Å². The van der Waals surface area contributed by atoms with Crippen molar-refractivity contribution < 1.29 is 5.11 Å². The Morgan fingerprint density at radius 3 is 2.77 bits per heavy atom. The van der Waals surface area contributed by atoms with Crippen molar-refractivity contribution in [1.82, 2.24) is 20.2 Å². The number of aromatic hydroxyl groups is 1. The summed E-state index contributed by atoms with van der Waals surface area (Å²) >= 11 is 0. The average molecular weight is 297 g/mol. The zero-order valence-electron chi connectivity index (χ0n) is 12.4. The van der Waals surface area contributed by atoms with Crippen LogP contribution in [0.25, 0.3) is 5.70 Å². The molecule has 0 saturated carbocycles. The van der Waals surface area contributed by atoms with Crippen LogP contribution in [0.4, 0.5) is 5.95 Å². The number of aromatic nitrogens is 4. The van der Waals surface area contributed by atoms with Gasteiger partial charge in [-0.15, -0.1) is 0 Å². The van der Waals surface area contributed by atoms with Crippen LogP contribution < -0.4 is 5.32 Å². The lowest BCUT2D eigenvalue weighted by Gasteiger charge is -2.31. The Kier molecular flexibility index (Phi) is 3.29. The number of phenols is 1. The summed E-state index contributed by atoms with van der Waals surface area (Å²) < 4.78 is 1.83. The van der Waals surface area contributed by atoms with Gasteiger partial charge in [0, 0.05) is 11.3 Å². The van der Waals surface area contributed by atoms with Crippen LogP contribution >= 0.6 is 0 Å². The van der Waals surface area contributed by atoms with Crippen molar-refractivity contribution in [1.29, 1.82) is 0 Å². The average Bonchev–Trinajstić information content (AvgIpc) is 2.95. The number of tetrazole rings is 1. The smallest absolute Gasteiger partial charge is 0.248 e. The molecule has 0 amide bonds. The SMILES string of the molecule is Oc1ccccc1C1Nc2nnnn2C2=C1CCCCCC2. The molecule has 4 rings (SSSR count). The molecule has 1 aliphatic heterocycles. The van der Waals surface area contributed by atoms with Crippen LogP contribution in [0.2, 0.25) is 0 Å². The van der Waals surface area contributed by atoms with E-state index < -0.39 is 0 Å². The largest absolute Gasteiger partial charge is 0.508 e. The van der Waals surface area contributed by atoms with Gasteiger partial charge in [0.1, 0.15) is 5.75 Å². The second kappa shape index (κ2) is 5.44. The first-order valence-corrected chi connectivity index (χ1v) is 7.89. The Labute approximate surface area is 128 Å². The summed E-state index contributed by atoms with van der Waals surface area (Å²) in [5.41, 5.74) is 3.40. The molecular weight excluding hydrogens is 278 g/mol. The summed E-state index contributed by atoms with van der Waals surface area (Å²) in [6.45, 7) is 0. The third-order valence-electron chi connectivity index (χ3n) is 4.58. The van der Waals surface area contributed by atoms with E-state index in [1.54, 1.807) is 6.07 Å². The summed E-state index contributed by atoms with van der Waals surface area (Å²) in [4.78, 5) is 0. The fraction of sp³-hybridized carbons (Fsp3) is 0.438. The van der Waals surface area contributed by atoms with Gasteiger partial charge < -0.3 is 10.4 Å². The highest BCUT2D eigenvalue weighted by atomic mass is 16.3. The molecular formula is C16H19N5O. The predicted octanol–water partition coefficient (Wildman–Crippen LogP) is 3.11. The van der Waals surface area contributed by atoms with Gasteiger partial charge in [-0.1, -0.05) is 36.1 Å². The first-order valence-electron chi connectivity index (χ1n) is 7.89. The maximum Gasteiger partial charge on any atom is 0.248 e. The molecule has 22 heavy (non-hydrogen) atoms. The van der Waals surface area contributed by atoms with Crippen molar-refractivity contribution in [3.05, 3.63) is 35.4 Å². The fourth-order valence-corrected chi connectivity index (χ4v) is 3.49. The van der Waals surface area contributed by atoms with Gasteiger partial charge in [0.05, 0.1) is 6.04 Å². The first-order chi connectivity index (χ1) is 10.8. The molecule has 1 aromatic carbocycles. The molecule has 1 unspecified atom stereocenters. The Morgan fingerprint density at radius 1 is 1.09 bits per heavy atom. The van der Waals surface area contributed by atoms with E-state index >= 15 is 0 Å². The highest BCUT2D eigenvalue weighted by Gasteiger charge is 2.31. The van der Waals surface area contributed by atoms with Gasteiger partial charge in [-0.2, -0.15) is 4.68 Å². The van der Waals surface area contributed by atoms with Crippen LogP contribution in [0.5, 0.6) is 5.75 Å². The van der Waals surface area contributed by atoms with Crippen molar-refractivity contribution in [3.63, 3.8) is 0 Å². The summed E-state index contributed by atoms with van der Waals surface area (Å²) in [6.07, 6.45) is 6.84. The Bertz CT molecular complexity index is 721. The molecule has 0 saturated heterocycles. The van der Waals surface area contributed by atoms with E-state index in [-0.39, 0.29) is 6.04 Å². The minimum Gasteiger partial charge on any atom is -0.508 e. The number of anilines is 1. The molecule has 0 radical (unpaired) electrons. The molecule has 114 valence electrons. The Balaban J connectivity index is 1.85. The summed E-state index contributed by atoms with van der Waals surface area (Å²) in [5.74, 6) is 0.974. The molecule has 0 spiro atoms. The predicted molar refractivity (Wildman–Crippen MR) is 83.2 cm³/mol. The maximum atomic E-state index is 10.3. The van der Waals surface area contributed by atoms with Gasteiger partial charge in [-0.05, 0) is 47.7 Å². The summed E-state index contributed by atoms with van der Waals surface area (Å²) in [7, 11) is 0. The molecule has 0 bridgehead atoms. The van der Waals surface area contributed by atoms with Crippen LogP contribution in [-0.4, -0.2) is 25.3 Å². The third kappa shape index (κ3) is 2.15. The van der Waals surface area contributed by atoms with E-state index in [9.17, 15) is 5.11 Å². The lowest BCUT2D eigenvalue weighted by molar-refractivity contribution is 0.464. The zero-order chi connectivity index (χ0) is 14.9. The third-order valence-corrected chi connectivity index (χ3v) is 4.58. The highest BCUT2D eigenvalue weighted by Crippen LogP contribution is 2.42. The van der Waals surface area contributed by atoms with Gasteiger partial charge in [0.25, 0.3) is 0 Å². The number of rotatable bonds is 1. The second-order valence-electron chi connectivity index (χ2n) is 5.94. The molecule has 2 aromatic rings. The number of allylic oxidation sites excluding steroid dienone is 1. The topological polar surface area (TPSA) is 75.9 Å². The van der Waals surface area contributed by atoms with Crippen LogP contribution in [0.3, 0.4) is 0 Å². The van der Waals surface area contributed by atoms with E-state index in [0.29, 0.717) is 11.7 Å². The molecule has 1 aromatic heterocycles. The Hall–Kier alpha value is -2.37. The number of nitrogens with zero attached hydrogens (tertiary/aromatic N) is 4. The number of fused-ring (bicyclic) bond motifs is 2. The van der Waals surface area contributed by atoms with Crippen molar-refractivity contribution in [2.24, 2.45) is 0 Å². The Morgan fingerprint density at radius 2 is 1.91 bits per heavy atom. The van der Waals surface area contributed by atoms with Crippen molar-refractivity contribution >= 4 is 11.6 Å². The minimum atomic E-state index is -0.0483. The van der Waals surface area contributed by atoms with Gasteiger partial charge >= 0.3 is 0 Å². The molecule has 6 nitrogen and oxygen atoms in total. The van der Waals surface area contributed by atoms with Gasteiger partial charge in [0.2, 0.25) is 5.95 Å². The number of para-hydroxylation sites is 1. The summed E-state index contributed by atoms with van der Waals surface area (Å²) in [5, 5.41) is 25.7. The number of hydrogen-bond donors (Lipinski definition) is 2. The van der Waals surface area contributed by atoms with Crippen molar-refractivity contribution in [2.45, 2.75) is 44.6 Å². The molecule has 1 atom stereocenters. The first kappa shape index (κ1) is 13.3. The molecule has 0 fully saturated rings. The lowest BCUT2D eigenvalue weighted by atomic mass is 9.87. The molecule has 1 aliphatic carbocycles. The second-order valence-corrected chi connectivity index (χ2v) is 5.94. The zero-order valence-corrected chi connectivity index (χ0v) is 12.4. The van der Waals surface area contributed by atoms with Gasteiger partial charge in [-0.3, -0.25) is 0 Å². The van der Waals surface area contributed by atoms with Crippen molar-refractivity contribution in [2.75, 3.05) is 5.32 Å². The number of phenolic OH excluding ortho intramolecular Hbond substituents is 1. The number of nitrogens with one attached hydrogen (secondary N) is 1. The summed E-state index contributed by atoms with van der Waals surface area (Å²) in [6, 6.07) is 7.46. The van der Waals surface area contributed by atoms with E-state index in [2.05, 4.69) is 20.8 Å². The van der Waals surface area contributed by atoms with E-state index in [0.717, 1.165) is 24.8 Å². The monoisotopic (exact) mass is 297 g/mol. The van der Waals surface area contributed by atoms with Crippen LogP contribution in [-0.2, 0) is 0 Å². The number of hydrogen-bond acceptors (Lipinski definition) is 5. The molecule has 2 aliphatic rings. The normalized spacial score (nSPS) is 21.4. The van der Waals surface area contributed by atoms with E-state index in [4.69, 9.17) is 0 Å². The quantitative estimate of drug-likeness (QED) is 0.846. The lowest BCUT2D eigenvalue weighted by Crippen LogP contribution is -2.25. The van der Waals surface area contributed by atoms with E-state index in [1.807, 2.05) is 22.9 Å². The molecule has 2 heterocycles. The molecule has 2 N–H and O–H groups in total. The van der Waals surface area contributed by atoms with Gasteiger partial charge in [-0.25, -0.2) is 0 Å². The number of benzene rings is 1. The fourth-order valence-electron chi connectivity index (χ4n) is 3.49. The minimum absolute atomic E-state index is 0.0483. The van der Waals surface area contributed by atoms with Crippen molar-refractivity contribution in [3.8, 4) is 5.75 Å². The molecule has 6 heteroatoms. The van der Waals surface area contributed by atoms with Crippen LogP contribution in [0, 0.1) is 0 Å². The van der Waals surface area contributed by atoms with Crippen LogP contribution in [0.1, 0.15) is 50.1 Å².